The van der Waals surface area contributed by atoms with Gasteiger partial charge in [0.05, 0.1) is 18.4 Å². The van der Waals surface area contributed by atoms with E-state index in [1.807, 2.05) is 49.4 Å². The number of nitrogens with one attached hydrogen (secondary N) is 1. The number of anilines is 2. The molecular formula is C20H23N3O3. The van der Waals surface area contributed by atoms with E-state index >= 15 is 0 Å². The van der Waals surface area contributed by atoms with E-state index in [1.54, 1.807) is 11.0 Å². The molecule has 0 spiro atoms. The molecule has 1 heterocycles. The molecule has 1 fully saturated rings. The van der Waals surface area contributed by atoms with E-state index in [4.69, 9.17) is 4.74 Å². The number of urea groups is 1. The SMILES string of the molecule is COC(=O)c1ccccc1N1CCN(C(=O)Nc2cccc(C)c2)CC1. The number of aryl methyl sites for hydroxylation is 1. The maximum atomic E-state index is 12.5. The van der Waals surface area contributed by atoms with Gasteiger partial charge in [0.2, 0.25) is 0 Å². The Bertz CT molecular complexity index is 798. The summed E-state index contributed by atoms with van der Waals surface area (Å²) < 4.78 is 4.86. The Morgan fingerprint density at radius 3 is 2.42 bits per heavy atom. The van der Waals surface area contributed by atoms with Gasteiger partial charge in [-0.1, -0.05) is 24.3 Å². The van der Waals surface area contributed by atoms with Gasteiger partial charge in [-0.3, -0.25) is 0 Å². The van der Waals surface area contributed by atoms with Crippen molar-refractivity contribution >= 4 is 23.4 Å². The van der Waals surface area contributed by atoms with Crippen molar-refractivity contribution in [1.29, 1.82) is 0 Å². The molecule has 3 rings (SSSR count). The molecule has 26 heavy (non-hydrogen) atoms. The van der Waals surface area contributed by atoms with Crippen LogP contribution in [0, 0.1) is 6.92 Å². The van der Waals surface area contributed by atoms with Crippen LogP contribution in [-0.2, 0) is 4.74 Å². The van der Waals surface area contributed by atoms with E-state index in [-0.39, 0.29) is 12.0 Å². The van der Waals surface area contributed by atoms with Gasteiger partial charge in [0.15, 0.2) is 0 Å². The number of rotatable bonds is 3. The fraction of sp³-hybridized carbons (Fsp3) is 0.300. The van der Waals surface area contributed by atoms with Gasteiger partial charge < -0.3 is 19.9 Å². The fourth-order valence-electron chi connectivity index (χ4n) is 3.11. The van der Waals surface area contributed by atoms with Crippen molar-refractivity contribution in [3.63, 3.8) is 0 Å². The third-order valence-corrected chi connectivity index (χ3v) is 4.49. The molecule has 1 saturated heterocycles. The summed E-state index contributed by atoms with van der Waals surface area (Å²) in [5, 5.41) is 2.94. The molecule has 2 aromatic carbocycles. The minimum atomic E-state index is -0.347. The second-order valence-electron chi connectivity index (χ2n) is 6.28. The molecule has 1 aliphatic heterocycles. The van der Waals surface area contributed by atoms with Crippen molar-refractivity contribution in [3.05, 3.63) is 59.7 Å². The molecule has 6 nitrogen and oxygen atoms in total. The van der Waals surface area contributed by atoms with Crippen LogP contribution in [0.4, 0.5) is 16.2 Å². The van der Waals surface area contributed by atoms with E-state index < -0.39 is 0 Å². The number of ether oxygens (including phenoxy) is 1. The van der Waals surface area contributed by atoms with Crippen LogP contribution < -0.4 is 10.2 Å². The summed E-state index contributed by atoms with van der Waals surface area (Å²) in [5.74, 6) is -0.347. The molecular weight excluding hydrogens is 330 g/mol. The highest BCUT2D eigenvalue weighted by molar-refractivity contribution is 5.96. The summed E-state index contributed by atoms with van der Waals surface area (Å²) in [6, 6.07) is 15.0. The minimum absolute atomic E-state index is 0.100. The second-order valence-corrected chi connectivity index (χ2v) is 6.28. The number of piperazine rings is 1. The third-order valence-electron chi connectivity index (χ3n) is 4.49. The lowest BCUT2D eigenvalue weighted by molar-refractivity contribution is 0.0601. The number of hydrogen-bond acceptors (Lipinski definition) is 4. The van der Waals surface area contributed by atoms with E-state index in [1.165, 1.54) is 7.11 Å². The summed E-state index contributed by atoms with van der Waals surface area (Å²) in [4.78, 5) is 28.3. The number of methoxy groups -OCH3 is 1. The summed E-state index contributed by atoms with van der Waals surface area (Å²) in [6.07, 6.45) is 0. The zero-order valence-corrected chi connectivity index (χ0v) is 15.1. The Balaban J connectivity index is 1.63. The number of para-hydroxylation sites is 1. The smallest absolute Gasteiger partial charge is 0.339 e. The second kappa shape index (κ2) is 7.91. The first-order valence-corrected chi connectivity index (χ1v) is 8.63. The number of amides is 2. The molecule has 0 aliphatic carbocycles. The number of nitrogens with zero attached hydrogens (tertiary/aromatic N) is 2. The van der Waals surface area contributed by atoms with Crippen molar-refractivity contribution < 1.29 is 14.3 Å². The zero-order chi connectivity index (χ0) is 18.5. The Morgan fingerprint density at radius 1 is 1.00 bits per heavy atom. The van der Waals surface area contributed by atoms with Crippen LogP contribution in [0.25, 0.3) is 0 Å². The highest BCUT2D eigenvalue weighted by Crippen LogP contribution is 2.23. The van der Waals surface area contributed by atoms with Gasteiger partial charge in [0, 0.05) is 31.9 Å². The lowest BCUT2D eigenvalue weighted by Gasteiger charge is -2.36. The number of hydrogen-bond donors (Lipinski definition) is 1. The van der Waals surface area contributed by atoms with E-state index in [2.05, 4.69) is 10.2 Å². The quantitative estimate of drug-likeness (QED) is 0.861. The largest absolute Gasteiger partial charge is 0.465 e. The van der Waals surface area contributed by atoms with Gasteiger partial charge in [-0.2, -0.15) is 0 Å². The molecule has 0 saturated carbocycles. The topological polar surface area (TPSA) is 61.9 Å². The number of carbonyl (C=O) groups excluding carboxylic acids is 2. The molecule has 1 aliphatic rings. The first kappa shape index (κ1) is 17.8. The Hall–Kier alpha value is -3.02. The van der Waals surface area contributed by atoms with Crippen LogP contribution in [0.3, 0.4) is 0 Å². The number of benzene rings is 2. The lowest BCUT2D eigenvalue weighted by Crippen LogP contribution is -2.50. The van der Waals surface area contributed by atoms with Crippen LogP contribution in [-0.4, -0.2) is 50.2 Å². The zero-order valence-electron chi connectivity index (χ0n) is 15.1. The molecule has 0 bridgehead atoms. The first-order chi connectivity index (χ1) is 12.6. The van der Waals surface area contributed by atoms with E-state index in [9.17, 15) is 9.59 Å². The van der Waals surface area contributed by atoms with Crippen LogP contribution >= 0.6 is 0 Å². The van der Waals surface area contributed by atoms with Crippen LogP contribution in [0.1, 0.15) is 15.9 Å². The van der Waals surface area contributed by atoms with Crippen molar-refractivity contribution in [3.8, 4) is 0 Å². The molecule has 1 N–H and O–H groups in total. The molecule has 0 unspecified atom stereocenters. The molecule has 0 radical (unpaired) electrons. The highest BCUT2D eigenvalue weighted by Gasteiger charge is 2.24. The van der Waals surface area contributed by atoms with E-state index in [0.717, 1.165) is 16.9 Å². The number of esters is 1. The predicted octanol–water partition coefficient (Wildman–Crippen LogP) is 3.14. The average molecular weight is 353 g/mol. The van der Waals surface area contributed by atoms with Crippen LogP contribution in [0.2, 0.25) is 0 Å². The van der Waals surface area contributed by atoms with Crippen LogP contribution in [0.5, 0.6) is 0 Å². The fourth-order valence-corrected chi connectivity index (χ4v) is 3.11. The Kier molecular flexibility index (Phi) is 5.41. The van der Waals surface area contributed by atoms with Crippen molar-refractivity contribution in [2.45, 2.75) is 6.92 Å². The Morgan fingerprint density at radius 2 is 1.73 bits per heavy atom. The van der Waals surface area contributed by atoms with Crippen molar-refractivity contribution in [2.75, 3.05) is 43.5 Å². The summed E-state index contributed by atoms with van der Waals surface area (Å²) in [7, 11) is 1.38. The maximum absolute atomic E-state index is 12.5. The average Bonchev–Trinajstić information content (AvgIpc) is 2.67. The summed E-state index contributed by atoms with van der Waals surface area (Å²) >= 11 is 0. The van der Waals surface area contributed by atoms with Gasteiger partial charge in [-0.25, -0.2) is 9.59 Å². The minimum Gasteiger partial charge on any atom is -0.465 e. The van der Waals surface area contributed by atoms with Gasteiger partial charge in [0.25, 0.3) is 0 Å². The lowest BCUT2D eigenvalue weighted by atomic mass is 10.1. The van der Waals surface area contributed by atoms with Crippen molar-refractivity contribution in [2.24, 2.45) is 0 Å². The van der Waals surface area contributed by atoms with Gasteiger partial charge in [0.1, 0.15) is 0 Å². The predicted molar refractivity (Wildman–Crippen MR) is 102 cm³/mol. The van der Waals surface area contributed by atoms with Gasteiger partial charge in [-0.15, -0.1) is 0 Å². The molecule has 2 aromatic rings. The summed E-state index contributed by atoms with van der Waals surface area (Å²) in [6.45, 7) is 4.50. The number of carbonyl (C=O) groups is 2. The molecule has 136 valence electrons. The maximum Gasteiger partial charge on any atom is 0.339 e. The molecule has 0 aromatic heterocycles. The molecule has 6 heteroatoms. The first-order valence-electron chi connectivity index (χ1n) is 8.63. The van der Waals surface area contributed by atoms with Crippen molar-refractivity contribution in [1.82, 2.24) is 4.90 Å². The standard InChI is InChI=1S/C20H23N3O3/c1-15-6-5-7-16(14-15)21-20(25)23-12-10-22(11-13-23)18-9-4-3-8-17(18)19(24)26-2/h3-9,14H,10-13H2,1-2H3,(H,21,25). The third kappa shape index (κ3) is 3.96. The van der Waals surface area contributed by atoms with Gasteiger partial charge in [-0.05, 0) is 36.8 Å². The molecule has 2 amide bonds. The van der Waals surface area contributed by atoms with E-state index in [0.29, 0.717) is 31.7 Å². The normalized spacial score (nSPS) is 14.1. The monoisotopic (exact) mass is 353 g/mol. The van der Waals surface area contributed by atoms with Gasteiger partial charge >= 0.3 is 12.0 Å². The Labute approximate surface area is 153 Å². The van der Waals surface area contributed by atoms with Crippen LogP contribution in [0.15, 0.2) is 48.5 Å². The summed E-state index contributed by atoms with van der Waals surface area (Å²) in [5.41, 5.74) is 3.30. The highest BCUT2D eigenvalue weighted by atomic mass is 16.5. The molecule has 0 atom stereocenters.